The minimum absolute atomic E-state index is 0.804. The largest absolute Gasteiger partial charge is 0.312 e. The predicted molar refractivity (Wildman–Crippen MR) is 114 cm³/mol. The molecule has 0 N–H and O–H groups in total. The zero-order valence-corrected chi connectivity index (χ0v) is 16.4. The summed E-state index contributed by atoms with van der Waals surface area (Å²) in [5, 5.41) is 2.21. The second-order valence-corrected chi connectivity index (χ2v) is 7.63. The summed E-state index contributed by atoms with van der Waals surface area (Å²) in [7, 11) is 0. The molecule has 0 saturated heterocycles. The number of hydrogen-bond donors (Lipinski definition) is 0. The number of thiazole rings is 1. The van der Waals surface area contributed by atoms with Crippen molar-refractivity contribution in [2.24, 2.45) is 4.99 Å². The summed E-state index contributed by atoms with van der Waals surface area (Å²) in [5.41, 5.74) is 7.20. The maximum absolute atomic E-state index is 4.92. The van der Waals surface area contributed by atoms with Crippen LogP contribution in [0.1, 0.15) is 16.7 Å². The lowest BCUT2D eigenvalue weighted by Crippen LogP contribution is -2.16. The van der Waals surface area contributed by atoms with Crippen molar-refractivity contribution in [2.45, 2.75) is 20.4 Å². The SMILES string of the molecule is Cc1ccc(N=c2scc(-c3ccc(C)cc3)n2Cc2ccccc2)cc1. The van der Waals surface area contributed by atoms with Crippen molar-refractivity contribution in [3.05, 3.63) is 106 Å². The minimum atomic E-state index is 0.804. The van der Waals surface area contributed by atoms with Crippen LogP contribution in [0.5, 0.6) is 0 Å². The van der Waals surface area contributed by atoms with Gasteiger partial charge in [0.1, 0.15) is 0 Å². The van der Waals surface area contributed by atoms with Gasteiger partial charge in [-0.1, -0.05) is 77.9 Å². The zero-order chi connectivity index (χ0) is 18.6. The Hall–Kier alpha value is -2.91. The lowest BCUT2D eigenvalue weighted by molar-refractivity contribution is 0.778. The second kappa shape index (κ2) is 7.77. The molecule has 4 rings (SSSR count). The van der Waals surface area contributed by atoms with Crippen LogP contribution in [0, 0.1) is 13.8 Å². The van der Waals surface area contributed by atoms with Gasteiger partial charge in [0.2, 0.25) is 0 Å². The van der Waals surface area contributed by atoms with Crippen LogP contribution in [0.25, 0.3) is 11.3 Å². The summed E-state index contributed by atoms with van der Waals surface area (Å²) >= 11 is 1.69. The first-order valence-corrected chi connectivity index (χ1v) is 9.98. The fraction of sp³-hybridized carbons (Fsp3) is 0.125. The molecule has 0 saturated carbocycles. The van der Waals surface area contributed by atoms with Crippen LogP contribution in [0.3, 0.4) is 0 Å². The first-order chi connectivity index (χ1) is 13.2. The molecule has 0 bridgehead atoms. The molecule has 0 atom stereocenters. The van der Waals surface area contributed by atoms with E-state index in [4.69, 9.17) is 4.99 Å². The molecule has 27 heavy (non-hydrogen) atoms. The molecule has 3 heteroatoms. The summed E-state index contributed by atoms with van der Waals surface area (Å²) in [6, 6.07) is 27.6. The molecule has 0 aliphatic carbocycles. The van der Waals surface area contributed by atoms with Gasteiger partial charge in [0.15, 0.2) is 4.80 Å². The molecule has 1 heterocycles. The van der Waals surface area contributed by atoms with E-state index >= 15 is 0 Å². The summed E-state index contributed by atoms with van der Waals surface area (Å²) in [5.74, 6) is 0. The van der Waals surface area contributed by atoms with E-state index in [9.17, 15) is 0 Å². The molecule has 0 amide bonds. The van der Waals surface area contributed by atoms with Crippen LogP contribution in [-0.4, -0.2) is 4.57 Å². The summed E-state index contributed by atoms with van der Waals surface area (Å²) in [6.07, 6.45) is 0. The number of aryl methyl sites for hydroxylation is 2. The Kier molecular flexibility index (Phi) is 5.03. The third-order valence-corrected chi connectivity index (χ3v) is 5.45. The Bertz CT molecular complexity index is 1090. The smallest absolute Gasteiger partial charge is 0.190 e. The number of benzene rings is 3. The molecule has 0 aliphatic rings. The van der Waals surface area contributed by atoms with Crippen molar-refractivity contribution >= 4 is 17.0 Å². The van der Waals surface area contributed by atoms with Gasteiger partial charge >= 0.3 is 0 Å². The number of aromatic nitrogens is 1. The third kappa shape index (κ3) is 4.09. The molecule has 0 unspecified atom stereocenters. The average Bonchev–Trinajstić information content (AvgIpc) is 3.07. The van der Waals surface area contributed by atoms with Crippen molar-refractivity contribution in [3.8, 4) is 11.3 Å². The van der Waals surface area contributed by atoms with Crippen LogP contribution in [0.15, 0.2) is 89.2 Å². The van der Waals surface area contributed by atoms with Crippen molar-refractivity contribution in [1.29, 1.82) is 0 Å². The molecule has 0 aliphatic heterocycles. The van der Waals surface area contributed by atoms with E-state index in [1.165, 1.54) is 27.9 Å². The lowest BCUT2D eigenvalue weighted by Gasteiger charge is -2.10. The van der Waals surface area contributed by atoms with E-state index in [0.717, 1.165) is 17.0 Å². The Balaban J connectivity index is 1.83. The molecular weight excluding hydrogens is 348 g/mol. The van der Waals surface area contributed by atoms with Crippen molar-refractivity contribution in [3.63, 3.8) is 0 Å². The van der Waals surface area contributed by atoms with Crippen molar-refractivity contribution < 1.29 is 0 Å². The van der Waals surface area contributed by atoms with Gasteiger partial charge in [-0.15, -0.1) is 11.3 Å². The topological polar surface area (TPSA) is 17.3 Å². The highest BCUT2D eigenvalue weighted by atomic mass is 32.1. The quantitative estimate of drug-likeness (QED) is 0.412. The van der Waals surface area contributed by atoms with Gasteiger partial charge < -0.3 is 4.57 Å². The highest BCUT2D eigenvalue weighted by Crippen LogP contribution is 2.22. The average molecular weight is 371 g/mol. The Morgan fingerprint density at radius 1 is 0.778 bits per heavy atom. The van der Waals surface area contributed by atoms with Crippen molar-refractivity contribution in [1.82, 2.24) is 4.57 Å². The fourth-order valence-electron chi connectivity index (χ4n) is 3.02. The van der Waals surface area contributed by atoms with Crippen LogP contribution in [0.2, 0.25) is 0 Å². The van der Waals surface area contributed by atoms with Crippen LogP contribution in [0.4, 0.5) is 5.69 Å². The lowest BCUT2D eigenvalue weighted by atomic mass is 10.1. The van der Waals surface area contributed by atoms with Gasteiger partial charge in [0, 0.05) is 5.38 Å². The molecule has 4 aromatic rings. The summed E-state index contributed by atoms with van der Waals surface area (Å²) in [4.78, 5) is 5.94. The number of rotatable bonds is 4. The van der Waals surface area contributed by atoms with Gasteiger partial charge in [-0.05, 0) is 37.1 Å². The van der Waals surface area contributed by atoms with Gasteiger partial charge in [0.25, 0.3) is 0 Å². The predicted octanol–water partition coefficient (Wildman–Crippen LogP) is 6.11. The molecule has 134 valence electrons. The number of hydrogen-bond acceptors (Lipinski definition) is 2. The van der Waals surface area contributed by atoms with Crippen molar-refractivity contribution in [2.75, 3.05) is 0 Å². The summed E-state index contributed by atoms with van der Waals surface area (Å²) < 4.78 is 2.31. The highest BCUT2D eigenvalue weighted by Gasteiger charge is 2.09. The van der Waals surface area contributed by atoms with Gasteiger partial charge in [-0.2, -0.15) is 0 Å². The normalized spacial score (nSPS) is 11.7. The van der Waals surface area contributed by atoms with E-state index in [-0.39, 0.29) is 0 Å². The fourth-order valence-corrected chi connectivity index (χ4v) is 3.95. The van der Waals surface area contributed by atoms with E-state index in [1.54, 1.807) is 11.3 Å². The molecule has 0 spiro atoms. The van der Waals surface area contributed by atoms with E-state index < -0.39 is 0 Å². The Morgan fingerprint density at radius 3 is 2.07 bits per heavy atom. The van der Waals surface area contributed by atoms with E-state index in [0.29, 0.717) is 0 Å². The third-order valence-electron chi connectivity index (χ3n) is 4.59. The Labute approximate surface area is 164 Å². The maximum atomic E-state index is 4.92. The monoisotopic (exact) mass is 370 g/mol. The molecular formula is C24H22N2S. The second-order valence-electron chi connectivity index (χ2n) is 6.79. The molecule has 3 aromatic carbocycles. The van der Waals surface area contributed by atoms with Crippen LogP contribution in [-0.2, 0) is 6.54 Å². The molecule has 0 fully saturated rings. The standard InChI is InChI=1S/C24H22N2S/c1-18-8-12-21(13-9-18)23-17-27-24(25-22-14-10-19(2)11-15-22)26(23)16-20-6-4-3-5-7-20/h3-15,17H,16H2,1-2H3. The molecule has 2 nitrogen and oxygen atoms in total. The van der Waals surface area contributed by atoms with Crippen LogP contribution < -0.4 is 4.80 Å². The Morgan fingerprint density at radius 2 is 1.41 bits per heavy atom. The van der Waals surface area contributed by atoms with Crippen LogP contribution >= 0.6 is 11.3 Å². The summed E-state index contributed by atoms with van der Waals surface area (Å²) in [6.45, 7) is 5.02. The molecule has 1 aromatic heterocycles. The first-order valence-electron chi connectivity index (χ1n) is 9.10. The zero-order valence-electron chi connectivity index (χ0n) is 15.6. The highest BCUT2D eigenvalue weighted by molar-refractivity contribution is 7.07. The number of nitrogens with zero attached hydrogens (tertiary/aromatic N) is 2. The maximum Gasteiger partial charge on any atom is 0.190 e. The first kappa shape index (κ1) is 17.5. The van der Waals surface area contributed by atoms with E-state index in [1.807, 2.05) is 0 Å². The van der Waals surface area contributed by atoms with Gasteiger partial charge in [-0.3, -0.25) is 0 Å². The van der Waals surface area contributed by atoms with E-state index in [2.05, 4.69) is 103 Å². The van der Waals surface area contributed by atoms with Gasteiger partial charge in [0.05, 0.1) is 17.9 Å². The van der Waals surface area contributed by atoms with Gasteiger partial charge in [-0.25, -0.2) is 4.99 Å². The minimum Gasteiger partial charge on any atom is -0.312 e. The molecule has 0 radical (unpaired) electrons.